The van der Waals surface area contributed by atoms with Crippen LogP contribution in [0.4, 0.5) is 0 Å². The summed E-state index contributed by atoms with van der Waals surface area (Å²) in [5, 5.41) is 10.9. The number of oxime groups is 1. The quantitative estimate of drug-likeness (QED) is 0.238. The van der Waals surface area contributed by atoms with E-state index in [1.54, 1.807) is 0 Å². The second kappa shape index (κ2) is 2.03. The Morgan fingerprint density at radius 1 is 1.75 bits per heavy atom. The molecule has 0 aliphatic heterocycles. The van der Waals surface area contributed by atoms with Crippen molar-refractivity contribution in [2.45, 2.75) is 19.3 Å². The van der Waals surface area contributed by atoms with Gasteiger partial charge >= 0.3 is 0 Å². The minimum Gasteiger partial charge on any atom is -0.409 e. The van der Waals surface area contributed by atoms with E-state index in [4.69, 9.17) is 10.9 Å². The molecule has 1 aliphatic carbocycles. The van der Waals surface area contributed by atoms with E-state index in [0.29, 0.717) is 11.8 Å². The van der Waals surface area contributed by atoms with E-state index in [-0.39, 0.29) is 0 Å². The Morgan fingerprint density at radius 3 is 2.75 bits per heavy atom. The van der Waals surface area contributed by atoms with Crippen LogP contribution in [-0.2, 0) is 0 Å². The summed E-state index contributed by atoms with van der Waals surface area (Å²) < 4.78 is 0. The first-order valence-corrected chi connectivity index (χ1v) is 2.79. The molecule has 8 heavy (non-hydrogen) atoms. The van der Waals surface area contributed by atoms with Gasteiger partial charge in [0.1, 0.15) is 5.84 Å². The summed E-state index contributed by atoms with van der Waals surface area (Å²) in [5.74, 6) is 1.08. The first-order valence-electron chi connectivity index (χ1n) is 2.79. The smallest absolute Gasteiger partial charge is 0.139 e. The molecule has 0 unspecified atom stereocenters. The van der Waals surface area contributed by atoms with Crippen molar-refractivity contribution in [3.63, 3.8) is 0 Å². The Balaban J connectivity index is 2.16. The van der Waals surface area contributed by atoms with Crippen LogP contribution in [0.1, 0.15) is 19.3 Å². The van der Waals surface area contributed by atoms with Crippen molar-refractivity contribution in [1.82, 2.24) is 0 Å². The van der Waals surface area contributed by atoms with Gasteiger partial charge in [0, 0.05) is 6.42 Å². The molecule has 3 N–H and O–H groups in total. The molecule has 1 saturated carbocycles. The van der Waals surface area contributed by atoms with Crippen molar-refractivity contribution in [2.75, 3.05) is 0 Å². The Morgan fingerprint density at radius 2 is 2.38 bits per heavy atom. The number of nitrogens with two attached hydrogens (primary N) is 1. The van der Waals surface area contributed by atoms with Crippen LogP contribution in [0.5, 0.6) is 0 Å². The van der Waals surface area contributed by atoms with E-state index < -0.39 is 0 Å². The minimum absolute atomic E-state index is 0.368. The van der Waals surface area contributed by atoms with Gasteiger partial charge in [0.25, 0.3) is 0 Å². The van der Waals surface area contributed by atoms with E-state index in [1.165, 1.54) is 12.8 Å². The van der Waals surface area contributed by atoms with Crippen LogP contribution in [-0.4, -0.2) is 11.0 Å². The molecule has 1 aliphatic rings. The predicted molar refractivity (Wildman–Crippen MR) is 30.7 cm³/mol. The minimum atomic E-state index is 0.368. The number of hydrogen-bond acceptors (Lipinski definition) is 2. The molecule has 46 valence electrons. The largest absolute Gasteiger partial charge is 0.409 e. The SMILES string of the molecule is N/C(CC1CC1)=N/O. The van der Waals surface area contributed by atoms with Crippen LogP contribution in [0, 0.1) is 5.92 Å². The average molecular weight is 114 g/mol. The van der Waals surface area contributed by atoms with Gasteiger partial charge in [0.15, 0.2) is 0 Å². The standard InChI is InChI=1S/C5H10N2O/c6-5(7-8)3-4-1-2-4/h4,8H,1-3H2,(H2,6,7). The first kappa shape index (κ1) is 5.41. The van der Waals surface area contributed by atoms with Crippen molar-refractivity contribution in [1.29, 1.82) is 0 Å². The molecule has 1 fully saturated rings. The first-order chi connectivity index (χ1) is 3.83. The molecule has 0 spiro atoms. The van der Waals surface area contributed by atoms with E-state index in [2.05, 4.69) is 5.16 Å². The fourth-order valence-electron chi connectivity index (χ4n) is 0.659. The molecule has 0 bridgehead atoms. The van der Waals surface area contributed by atoms with Gasteiger partial charge in [-0.25, -0.2) is 0 Å². The lowest BCUT2D eigenvalue weighted by Crippen LogP contribution is -2.11. The molecule has 1 rings (SSSR count). The van der Waals surface area contributed by atoms with Crippen LogP contribution in [0.25, 0.3) is 0 Å². The summed E-state index contributed by atoms with van der Waals surface area (Å²) in [7, 11) is 0. The van der Waals surface area contributed by atoms with Gasteiger partial charge in [-0.3, -0.25) is 0 Å². The molecular weight excluding hydrogens is 104 g/mol. The second-order valence-electron chi connectivity index (χ2n) is 2.24. The number of hydrogen-bond donors (Lipinski definition) is 2. The third-order valence-corrected chi connectivity index (χ3v) is 1.32. The van der Waals surface area contributed by atoms with Gasteiger partial charge in [0.05, 0.1) is 0 Å². The summed E-state index contributed by atoms with van der Waals surface area (Å²) >= 11 is 0. The van der Waals surface area contributed by atoms with Gasteiger partial charge in [-0.15, -0.1) is 0 Å². The van der Waals surface area contributed by atoms with Crippen molar-refractivity contribution >= 4 is 5.84 Å². The number of amidine groups is 1. The van der Waals surface area contributed by atoms with Gasteiger partial charge < -0.3 is 10.9 Å². The lowest BCUT2D eigenvalue weighted by Gasteiger charge is -1.90. The van der Waals surface area contributed by atoms with Crippen molar-refractivity contribution in [2.24, 2.45) is 16.8 Å². The lowest BCUT2D eigenvalue weighted by atomic mass is 10.3. The van der Waals surface area contributed by atoms with Crippen LogP contribution in [0.15, 0.2) is 5.16 Å². The van der Waals surface area contributed by atoms with Crippen LogP contribution in [0.2, 0.25) is 0 Å². The van der Waals surface area contributed by atoms with E-state index in [1.807, 2.05) is 0 Å². The van der Waals surface area contributed by atoms with Crippen LogP contribution >= 0.6 is 0 Å². The Hall–Kier alpha value is -0.730. The fraction of sp³-hybridized carbons (Fsp3) is 0.800. The third kappa shape index (κ3) is 1.40. The third-order valence-electron chi connectivity index (χ3n) is 1.32. The zero-order valence-corrected chi connectivity index (χ0v) is 4.67. The highest BCUT2D eigenvalue weighted by molar-refractivity contribution is 5.80. The van der Waals surface area contributed by atoms with Crippen molar-refractivity contribution in [3.05, 3.63) is 0 Å². The number of nitrogens with zero attached hydrogens (tertiary/aromatic N) is 1. The van der Waals surface area contributed by atoms with Gasteiger partial charge in [-0.2, -0.15) is 0 Å². The molecule has 0 saturated heterocycles. The van der Waals surface area contributed by atoms with Crippen LogP contribution < -0.4 is 5.73 Å². The highest BCUT2D eigenvalue weighted by Gasteiger charge is 2.22. The molecule has 3 nitrogen and oxygen atoms in total. The molecule has 0 heterocycles. The fourth-order valence-corrected chi connectivity index (χ4v) is 0.659. The zero-order valence-electron chi connectivity index (χ0n) is 4.67. The zero-order chi connectivity index (χ0) is 5.98. The topological polar surface area (TPSA) is 58.6 Å². The number of rotatable bonds is 2. The second-order valence-corrected chi connectivity index (χ2v) is 2.24. The Bertz CT molecular complexity index is 107. The monoisotopic (exact) mass is 114 g/mol. The maximum Gasteiger partial charge on any atom is 0.139 e. The molecule has 0 aromatic carbocycles. The van der Waals surface area contributed by atoms with E-state index >= 15 is 0 Å². The van der Waals surface area contributed by atoms with Gasteiger partial charge in [-0.1, -0.05) is 5.16 Å². The molecule has 0 radical (unpaired) electrons. The summed E-state index contributed by atoms with van der Waals surface area (Å²) in [5.41, 5.74) is 5.21. The summed E-state index contributed by atoms with van der Waals surface area (Å²) in [6.07, 6.45) is 3.27. The van der Waals surface area contributed by atoms with E-state index in [0.717, 1.165) is 6.42 Å². The van der Waals surface area contributed by atoms with Gasteiger partial charge in [0.2, 0.25) is 0 Å². The Labute approximate surface area is 48.2 Å². The summed E-state index contributed by atoms with van der Waals surface area (Å²) in [4.78, 5) is 0. The highest BCUT2D eigenvalue weighted by Crippen LogP contribution is 2.31. The van der Waals surface area contributed by atoms with Crippen molar-refractivity contribution in [3.8, 4) is 0 Å². The molecule has 0 amide bonds. The molecule has 0 aromatic heterocycles. The maximum atomic E-state index is 8.07. The maximum absolute atomic E-state index is 8.07. The normalized spacial score (nSPS) is 21.2. The lowest BCUT2D eigenvalue weighted by molar-refractivity contribution is 0.316. The molecule has 3 heteroatoms. The molecular formula is C5H10N2O. The summed E-state index contributed by atoms with van der Waals surface area (Å²) in [6, 6.07) is 0. The summed E-state index contributed by atoms with van der Waals surface area (Å²) in [6.45, 7) is 0. The van der Waals surface area contributed by atoms with Gasteiger partial charge in [-0.05, 0) is 18.8 Å². The molecule has 0 atom stereocenters. The predicted octanol–water partition coefficient (Wildman–Crippen LogP) is 0.533. The highest BCUT2D eigenvalue weighted by atomic mass is 16.4. The Kier molecular flexibility index (Phi) is 1.37. The average Bonchev–Trinajstić information content (AvgIpc) is 2.50. The van der Waals surface area contributed by atoms with Crippen LogP contribution in [0.3, 0.4) is 0 Å². The molecule has 0 aromatic rings. The van der Waals surface area contributed by atoms with Crippen molar-refractivity contribution < 1.29 is 5.21 Å². The van der Waals surface area contributed by atoms with E-state index in [9.17, 15) is 0 Å².